The molecule has 0 radical (unpaired) electrons. The zero-order valence-electron chi connectivity index (χ0n) is 12.8. The van der Waals surface area contributed by atoms with Crippen molar-refractivity contribution in [3.63, 3.8) is 0 Å². The van der Waals surface area contributed by atoms with Crippen LogP contribution in [-0.2, 0) is 14.8 Å². The monoisotopic (exact) mass is 379 g/mol. The first kappa shape index (κ1) is 18.5. The fraction of sp³-hybridized carbons (Fsp3) is 0.500. The van der Waals surface area contributed by atoms with Gasteiger partial charge in [-0.05, 0) is 19.2 Å². The van der Waals surface area contributed by atoms with E-state index < -0.39 is 15.9 Å². The molecular formula is C14H19Cl2N3O3S. The quantitative estimate of drug-likeness (QED) is 0.847. The number of para-hydroxylation sites is 1. The Morgan fingerprint density at radius 2 is 1.74 bits per heavy atom. The molecule has 1 amide bonds. The van der Waals surface area contributed by atoms with E-state index in [0.717, 1.165) is 0 Å². The summed E-state index contributed by atoms with van der Waals surface area (Å²) in [5.41, 5.74) is 0.304. The summed E-state index contributed by atoms with van der Waals surface area (Å²) in [6.45, 7) is 2.30. The lowest BCUT2D eigenvalue weighted by atomic mass is 10.3. The van der Waals surface area contributed by atoms with Crippen LogP contribution < -0.4 is 5.32 Å². The summed E-state index contributed by atoms with van der Waals surface area (Å²) in [5.74, 6) is -0.664. The number of halogens is 2. The number of nitrogens with zero attached hydrogens (tertiary/aromatic N) is 2. The molecule has 1 aromatic rings. The fourth-order valence-corrected chi connectivity index (χ4v) is 4.15. The molecule has 1 aliphatic rings. The van der Waals surface area contributed by atoms with Gasteiger partial charge in [-0.15, -0.1) is 0 Å². The van der Waals surface area contributed by atoms with Gasteiger partial charge >= 0.3 is 0 Å². The van der Waals surface area contributed by atoms with Crippen LogP contribution in [0.15, 0.2) is 18.2 Å². The molecule has 0 aliphatic carbocycles. The molecule has 1 heterocycles. The van der Waals surface area contributed by atoms with Crippen LogP contribution in [0.4, 0.5) is 5.69 Å². The topological polar surface area (TPSA) is 69.7 Å². The van der Waals surface area contributed by atoms with Gasteiger partial charge in [0.05, 0.1) is 21.5 Å². The van der Waals surface area contributed by atoms with Gasteiger partial charge in [-0.25, -0.2) is 8.42 Å². The van der Waals surface area contributed by atoms with Gasteiger partial charge in [0.1, 0.15) is 0 Å². The molecule has 0 spiro atoms. The zero-order valence-corrected chi connectivity index (χ0v) is 15.1. The molecule has 2 rings (SSSR count). The predicted octanol–water partition coefficient (Wildman–Crippen LogP) is 1.90. The van der Waals surface area contributed by atoms with E-state index in [1.54, 1.807) is 18.2 Å². The maximum Gasteiger partial charge on any atom is 0.225 e. The Labute approximate surface area is 146 Å². The first-order valence-corrected chi connectivity index (χ1v) is 9.56. The van der Waals surface area contributed by atoms with Crippen LogP contribution in [0, 0.1) is 0 Å². The average Bonchev–Trinajstić information content (AvgIpc) is 2.50. The van der Waals surface area contributed by atoms with Crippen LogP contribution in [0.25, 0.3) is 0 Å². The molecule has 1 aromatic carbocycles. The molecule has 0 saturated carbocycles. The summed E-state index contributed by atoms with van der Waals surface area (Å²) in [7, 11) is -1.49. The van der Waals surface area contributed by atoms with E-state index in [1.165, 1.54) is 4.31 Å². The van der Waals surface area contributed by atoms with Crippen molar-refractivity contribution < 1.29 is 13.2 Å². The minimum Gasteiger partial charge on any atom is -0.324 e. The maximum absolute atomic E-state index is 12.3. The Morgan fingerprint density at radius 1 is 1.17 bits per heavy atom. The van der Waals surface area contributed by atoms with Crippen LogP contribution in [-0.4, -0.2) is 62.5 Å². The molecule has 0 aromatic heterocycles. The van der Waals surface area contributed by atoms with Crippen molar-refractivity contribution in [2.24, 2.45) is 0 Å². The van der Waals surface area contributed by atoms with Crippen molar-refractivity contribution in [1.82, 2.24) is 9.21 Å². The smallest absolute Gasteiger partial charge is 0.225 e. The summed E-state index contributed by atoms with van der Waals surface area (Å²) >= 11 is 11.9. The lowest BCUT2D eigenvalue weighted by Gasteiger charge is -2.31. The fourth-order valence-electron chi connectivity index (χ4n) is 2.24. The number of carbonyl (C=O) groups excluding carboxylic acids is 1. The molecule has 9 heteroatoms. The van der Waals surface area contributed by atoms with Crippen molar-refractivity contribution in [3.05, 3.63) is 28.2 Å². The standard InChI is InChI=1S/C14H19Cl2N3O3S/c1-18-6-8-19(9-7-18)23(21,22)10-5-13(20)17-14-11(15)3-2-4-12(14)16/h2-4H,5-10H2,1H3,(H,17,20). The van der Waals surface area contributed by atoms with E-state index in [9.17, 15) is 13.2 Å². The Bertz CT molecular complexity index is 654. The van der Waals surface area contributed by atoms with Gasteiger partial charge in [0.2, 0.25) is 15.9 Å². The third-order valence-electron chi connectivity index (χ3n) is 3.67. The second-order valence-electron chi connectivity index (χ2n) is 5.41. The summed E-state index contributed by atoms with van der Waals surface area (Å²) in [6, 6.07) is 4.87. The largest absolute Gasteiger partial charge is 0.324 e. The highest BCUT2D eigenvalue weighted by Gasteiger charge is 2.26. The van der Waals surface area contributed by atoms with Gasteiger partial charge in [0.15, 0.2) is 0 Å². The van der Waals surface area contributed by atoms with Gasteiger partial charge in [-0.3, -0.25) is 4.79 Å². The molecule has 128 valence electrons. The predicted molar refractivity (Wildman–Crippen MR) is 92.6 cm³/mol. The van der Waals surface area contributed by atoms with E-state index in [1.807, 2.05) is 7.05 Å². The Balaban J connectivity index is 1.91. The number of piperazine rings is 1. The highest BCUT2D eigenvalue weighted by molar-refractivity contribution is 7.89. The van der Waals surface area contributed by atoms with Crippen LogP contribution in [0.3, 0.4) is 0 Å². The van der Waals surface area contributed by atoms with Crippen LogP contribution in [0.2, 0.25) is 10.0 Å². The number of likely N-dealkylation sites (N-methyl/N-ethyl adjacent to an activating group) is 1. The highest BCUT2D eigenvalue weighted by Crippen LogP contribution is 2.29. The molecule has 1 fully saturated rings. The average molecular weight is 380 g/mol. The molecule has 1 N–H and O–H groups in total. The van der Waals surface area contributed by atoms with Crippen LogP contribution >= 0.6 is 23.2 Å². The molecule has 23 heavy (non-hydrogen) atoms. The first-order chi connectivity index (χ1) is 10.8. The van der Waals surface area contributed by atoms with Crippen molar-refractivity contribution in [2.75, 3.05) is 44.3 Å². The number of sulfonamides is 1. The first-order valence-electron chi connectivity index (χ1n) is 7.20. The van der Waals surface area contributed by atoms with Gasteiger partial charge in [-0.2, -0.15) is 4.31 Å². The molecule has 1 aliphatic heterocycles. The van der Waals surface area contributed by atoms with E-state index >= 15 is 0 Å². The van der Waals surface area contributed by atoms with E-state index in [-0.39, 0.29) is 12.2 Å². The third kappa shape index (κ3) is 5.06. The summed E-state index contributed by atoms with van der Waals surface area (Å²) in [4.78, 5) is 14.0. The number of anilines is 1. The minimum atomic E-state index is -3.43. The molecular weight excluding hydrogens is 361 g/mol. The van der Waals surface area contributed by atoms with Crippen molar-refractivity contribution in [2.45, 2.75) is 6.42 Å². The number of benzene rings is 1. The van der Waals surface area contributed by atoms with Crippen molar-refractivity contribution >= 4 is 44.8 Å². The summed E-state index contributed by atoms with van der Waals surface area (Å²) in [5, 5.41) is 3.19. The Hall–Kier alpha value is -0.860. The number of hydrogen-bond donors (Lipinski definition) is 1. The molecule has 6 nitrogen and oxygen atoms in total. The Kier molecular flexibility index (Phi) is 6.27. The van der Waals surface area contributed by atoms with Gasteiger partial charge in [0.25, 0.3) is 0 Å². The third-order valence-corrected chi connectivity index (χ3v) is 6.17. The van der Waals surface area contributed by atoms with E-state index in [2.05, 4.69) is 10.2 Å². The number of amides is 1. The van der Waals surface area contributed by atoms with Crippen molar-refractivity contribution in [1.29, 1.82) is 0 Å². The van der Waals surface area contributed by atoms with Gasteiger partial charge in [0, 0.05) is 32.6 Å². The van der Waals surface area contributed by atoms with Crippen LogP contribution in [0.5, 0.6) is 0 Å². The lowest BCUT2D eigenvalue weighted by molar-refractivity contribution is -0.115. The normalized spacial score (nSPS) is 17.2. The van der Waals surface area contributed by atoms with Crippen molar-refractivity contribution in [3.8, 4) is 0 Å². The Morgan fingerprint density at radius 3 is 2.30 bits per heavy atom. The second kappa shape index (κ2) is 7.81. The SMILES string of the molecule is CN1CCN(S(=O)(=O)CCC(=O)Nc2c(Cl)cccc2Cl)CC1. The van der Waals surface area contributed by atoms with E-state index in [0.29, 0.717) is 41.9 Å². The number of rotatable bonds is 5. The molecule has 1 saturated heterocycles. The number of nitrogens with one attached hydrogen (secondary N) is 1. The van der Waals surface area contributed by atoms with Crippen LogP contribution in [0.1, 0.15) is 6.42 Å². The zero-order chi connectivity index (χ0) is 17.0. The van der Waals surface area contributed by atoms with Gasteiger partial charge in [-0.1, -0.05) is 29.3 Å². The molecule has 0 unspecified atom stereocenters. The second-order valence-corrected chi connectivity index (χ2v) is 8.32. The number of hydrogen-bond acceptors (Lipinski definition) is 4. The maximum atomic E-state index is 12.3. The number of carbonyl (C=O) groups is 1. The van der Waals surface area contributed by atoms with E-state index in [4.69, 9.17) is 23.2 Å². The minimum absolute atomic E-state index is 0.143. The molecule has 0 bridgehead atoms. The van der Waals surface area contributed by atoms with Gasteiger partial charge < -0.3 is 10.2 Å². The molecule has 0 atom stereocenters. The summed E-state index contributed by atoms with van der Waals surface area (Å²) in [6.07, 6.45) is -0.143. The lowest BCUT2D eigenvalue weighted by Crippen LogP contribution is -2.48. The summed E-state index contributed by atoms with van der Waals surface area (Å²) < 4.78 is 25.9. The highest BCUT2D eigenvalue weighted by atomic mass is 35.5.